The van der Waals surface area contributed by atoms with Crippen LogP contribution in [0.3, 0.4) is 0 Å². The van der Waals surface area contributed by atoms with E-state index in [1.807, 2.05) is 26.0 Å². The van der Waals surface area contributed by atoms with Crippen LogP contribution in [0.4, 0.5) is 5.13 Å². The smallest absolute Gasteiger partial charge is 0.301 e. The summed E-state index contributed by atoms with van der Waals surface area (Å²) in [5.41, 5.74) is 2.78. The normalized spacial score (nSPS) is 16.6. The SMILES string of the molecule is COc1cc(C2/C(=C(\O)c3cc(C)ccc3C)C(=O)C(=O)N2c2nc(C)c(C(C)=O)s2)cc(OC)c1OC. The summed E-state index contributed by atoms with van der Waals surface area (Å²) in [5, 5.41) is 11.7. The molecule has 1 N–H and O–H groups in total. The highest BCUT2D eigenvalue weighted by Gasteiger charge is 2.49. The fourth-order valence-corrected chi connectivity index (χ4v) is 5.54. The van der Waals surface area contributed by atoms with Crippen molar-refractivity contribution >= 4 is 39.7 Å². The molecule has 1 aliphatic rings. The number of carbonyl (C=O) groups is 3. The monoisotopic (exact) mass is 536 g/mol. The Morgan fingerprint density at radius 1 is 1.00 bits per heavy atom. The zero-order chi connectivity index (χ0) is 27.9. The van der Waals surface area contributed by atoms with Gasteiger partial charge in [0.25, 0.3) is 5.78 Å². The molecule has 0 spiro atoms. The zero-order valence-electron chi connectivity index (χ0n) is 22.2. The Kier molecular flexibility index (Phi) is 7.28. The molecule has 1 saturated heterocycles. The molecule has 2 aromatic carbocycles. The van der Waals surface area contributed by atoms with Crippen molar-refractivity contribution < 1.29 is 33.7 Å². The van der Waals surface area contributed by atoms with Crippen molar-refractivity contribution in [1.29, 1.82) is 0 Å². The van der Waals surface area contributed by atoms with Crippen molar-refractivity contribution in [2.24, 2.45) is 0 Å². The van der Waals surface area contributed by atoms with Gasteiger partial charge in [-0.2, -0.15) is 0 Å². The number of nitrogens with zero attached hydrogens (tertiary/aromatic N) is 2. The first-order valence-corrected chi connectivity index (χ1v) is 12.5. The van der Waals surface area contributed by atoms with Gasteiger partial charge in [0.05, 0.1) is 43.5 Å². The number of amides is 1. The zero-order valence-corrected chi connectivity index (χ0v) is 23.0. The fourth-order valence-electron chi connectivity index (χ4n) is 4.55. The number of hydrogen-bond acceptors (Lipinski definition) is 9. The average molecular weight is 537 g/mol. The Morgan fingerprint density at radius 2 is 1.63 bits per heavy atom. The summed E-state index contributed by atoms with van der Waals surface area (Å²) in [6, 6.07) is 7.63. The topological polar surface area (TPSA) is 115 Å². The van der Waals surface area contributed by atoms with Crippen LogP contribution >= 0.6 is 11.3 Å². The molecule has 1 fully saturated rings. The van der Waals surface area contributed by atoms with E-state index in [2.05, 4.69) is 4.98 Å². The van der Waals surface area contributed by atoms with Crippen LogP contribution in [0.1, 0.15) is 50.6 Å². The third kappa shape index (κ3) is 4.41. The molecule has 2 heterocycles. The fraction of sp³-hybridized carbons (Fsp3) is 0.286. The van der Waals surface area contributed by atoms with E-state index in [0.29, 0.717) is 38.9 Å². The molecule has 0 bridgehead atoms. The van der Waals surface area contributed by atoms with E-state index in [0.717, 1.165) is 22.5 Å². The first-order valence-electron chi connectivity index (χ1n) is 11.7. The van der Waals surface area contributed by atoms with Crippen molar-refractivity contribution in [1.82, 2.24) is 4.98 Å². The number of aliphatic hydroxyl groups is 1. The lowest BCUT2D eigenvalue weighted by molar-refractivity contribution is -0.132. The molecule has 1 aromatic heterocycles. The van der Waals surface area contributed by atoms with E-state index in [4.69, 9.17) is 14.2 Å². The van der Waals surface area contributed by atoms with Crippen LogP contribution in [0.25, 0.3) is 5.76 Å². The molecule has 10 heteroatoms. The van der Waals surface area contributed by atoms with Crippen LogP contribution in [0.2, 0.25) is 0 Å². The number of thiazole rings is 1. The Hall–Kier alpha value is -4.18. The minimum absolute atomic E-state index is 0.116. The molecular formula is C28H28N2O7S. The number of aliphatic hydroxyl groups excluding tert-OH is 1. The maximum Gasteiger partial charge on any atom is 0.301 e. The van der Waals surface area contributed by atoms with Crippen LogP contribution < -0.4 is 19.1 Å². The van der Waals surface area contributed by atoms with Gasteiger partial charge in [-0.15, -0.1) is 0 Å². The quantitative estimate of drug-likeness (QED) is 0.196. The number of methoxy groups -OCH3 is 3. The molecule has 0 aliphatic carbocycles. The van der Waals surface area contributed by atoms with Crippen molar-refractivity contribution in [3.8, 4) is 17.2 Å². The van der Waals surface area contributed by atoms with Gasteiger partial charge in [-0.3, -0.25) is 19.3 Å². The number of aromatic nitrogens is 1. The number of ether oxygens (including phenoxy) is 3. The molecule has 9 nitrogen and oxygen atoms in total. The van der Waals surface area contributed by atoms with Gasteiger partial charge in [-0.1, -0.05) is 29.0 Å². The van der Waals surface area contributed by atoms with Gasteiger partial charge in [0, 0.05) is 12.5 Å². The van der Waals surface area contributed by atoms with Crippen molar-refractivity contribution in [2.45, 2.75) is 33.7 Å². The van der Waals surface area contributed by atoms with Crippen molar-refractivity contribution in [2.75, 3.05) is 26.2 Å². The summed E-state index contributed by atoms with van der Waals surface area (Å²) in [6.45, 7) is 6.75. The molecule has 3 aromatic rings. The molecule has 0 radical (unpaired) electrons. The average Bonchev–Trinajstić information content (AvgIpc) is 3.40. The number of benzene rings is 2. The number of hydrogen-bond donors (Lipinski definition) is 1. The van der Waals surface area contributed by atoms with Gasteiger partial charge >= 0.3 is 5.91 Å². The third-order valence-corrected chi connectivity index (χ3v) is 7.66. The maximum atomic E-state index is 13.6. The number of Topliss-reactive ketones (excluding diaryl/α,β-unsaturated/α-hetero) is 2. The molecule has 1 amide bonds. The lowest BCUT2D eigenvalue weighted by Gasteiger charge is -2.25. The molecule has 1 aliphatic heterocycles. The highest BCUT2D eigenvalue weighted by atomic mass is 32.1. The van der Waals surface area contributed by atoms with E-state index in [1.165, 1.54) is 33.2 Å². The summed E-state index contributed by atoms with van der Waals surface area (Å²) < 4.78 is 16.5. The molecule has 1 atom stereocenters. The van der Waals surface area contributed by atoms with Crippen LogP contribution in [0.5, 0.6) is 17.2 Å². The number of aryl methyl sites for hydroxylation is 3. The Balaban J connectivity index is 2.06. The Labute approximate surface area is 224 Å². The molecule has 1 unspecified atom stereocenters. The van der Waals surface area contributed by atoms with Gasteiger partial charge in [-0.05, 0) is 50.1 Å². The lowest BCUT2D eigenvalue weighted by atomic mass is 9.93. The lowest BCUT2D eigenvalue weighted by Crippen LogP contribution is -2.29. The highest BCUT2D eigenvalue weighted by molar-refractivity contribution is 7.18. The molecule has 198 valence electrons. The van der Waals surface area contributed by atoms with Gasteiger partial charge in [0.1, 0.15) is 5.76 Å². The largest absolute Gasteiger partial charge is 0.507 e. The number of rotatable bonds is 7. The van der Waals surface area contributed by atoms with E-state index in [1.54, 1.807) is 25.1 Å². The Morgan fingerprint density at radius 3 is 2.16 bits per heavy atom. The maximum absolute atomic E-state index is 13.6. The van der Waals surface area contributed by atoms with Crippen LogP contribution in [0.15, 0.2) is 35.9 Å². The second-order valence-corrected chi connectivity index (χ2v) is 9.89. The summed E-state index contributed by atoms with van der Waals surface area (Å²) in [5.74, 6) is -1.33. The second kappa shape index (κ2) is 10.3. The van der Waals surface area contributed by atoms with Gasteiger partial charge < -0.3 is 19.3 Å². The second-order valence-electron chi connectivity index (χ2n) is 8.91. The van der Waals surface area contributed by atoms with Gasteiger partial charge in [-0.25, -0.2) is 4.98 Å². The Bertz CT molecular complexity index is 1480. The minimum Gasteiger partial charge on any atom is -0.507 e. The first kappa shape index (κ1) is 26.9. The van der Waals surface area contributed by atoms with Crippen molar-refractivity contribution in [3.63, 3.8) is 0 Å². The standard InChI is InChI=1S/C28H28N2O7S/c1-13-8-9-14(2)18(10-13)23(32)21-22(17-11-19(35-5)25(37-7)20(12-17)36-6)30(27(34)24(21)33)28-29-15(3)26(38-28)16(4)31/h8-12,22,32H,1-7H3/b23-21+. The summed E-state index contributed by atoms with van der Waals surface area (Å²) in [7, 11) is 4.38. The minimum atomic E-state index is -1.09. The number of carbonyl (C=O) groups excluding carboxylic acids is 3. The van der Waals surface area contributed by atoms with E-state index < -0.39 is 17.7 Å². The predicted octanol–water partition coefficient (Wildman–Crippen LogP) is 4.92. The molecule has 38 heavy (non-hydrogen) atoms. The van der Waals surface area contributed by atoms with Crippen LogP contribution in [-0.2, 0) is 9.59 Å². The number of ketones is 2. The van der Waals surface area contributed by atoms with Gasteiger partial charge in [0.15, 0.2) is 22.4 Å². The first-order chi connectivity index (χ1) is 18.0. The summed E-state index contributed by atoms with van der Waals surface area (Å²) >= 11 is 1.01. The van der Waals surface area contributed by atoms with Crippen molar-refractivity contribution in [3.05, 3.63) is 68.7 Å². The molecule has 0 saturated carbocycles. The van der Waals surface area contributed by atoms with E-state index >= 15 is 0 Å². The summed E-state index contributed by atoms with van der Waals surface area (Å²) in [4.78, 5) is 45.3. The van der Waals surface area contributed by atoms with Crippen LogP contribution in [-0.4, -0.2) is 48.9 Å². The third-order valence-electron chi connectivity index (χ3n) is 6.41. The summed E-state index contributed by atoms with van der Waals surface area (Å²) in [6.07, 6.45) is 0. The van der Waals surface area contributed by atoms with Gasteiger partial charge in [0.2, 0.25) is 5.75 Å². The molecular weight excluding hydrogens is 508 g/mol. The predicted molar refractivity (Wildman–Crippen MR) is 144 cm³/mol. The van der Waals surface area contributed by atoms with Crippen LogP contribution in [0, 0.1) is 20.8 Å². The number of anilines is 1. The highest BCUT2D eigenvalue weighted by Crippen LogP contribution is 2.48. The molecule has 4 rings (SSSR count). The van der Waals surface area contributed by atoms with E-state index in [-0.39, 0.29) is 22.2 Å². The van der Waals surface area contributed by atoms with E-state index in [9.17, 15) is 19.5 Å².